The minimum absolute atomic E-state index is 0.0956. The van der Waals surface area contributed by atoms with Crippen molar-refractivity contribution in [1.82, 2.24) is 0 Å². The van der Waals surface area contributed by atoms with E-state index in [-0.39, 0.29) is 10.8 Å². The second-order valence-electron chi connectivity index (χ2n) is 16.6. The minimum Gasteiger partial charge on any atom is -0.311 e. The molecule has 0 N–H and O–H groups in total. The van der Waals surface area contributed by atoms with Crippen LogP contribution in [0.4, 0.5) is 34.1 Å². The van der Waals surface area contributed by atoms with Gasteiger partial charge >= 0.3 is 0 Å². The Hall–Kier alpha value is -6.12. The van der Waals surface area contributed by atoms with Gasteiger partial charge in [-0.05, 0) is 142 Å². The first-order valence-electron chi connectivity index (χ1n) is 19.4. The molecule has 0 aromatic heterocycles. The molecule has 1 aliphatic rings. The largest absolute Gasteiger partial charge is 0.311 e. The summed E-state index contributed by atoms with van der Waals surface area (Å²) >= 11 is 0. The molecule has 2 heteroatoms. The van der Waals surface area contributed by atoms with Gasteiger partial charge in [0.2, 0.25) is 0 Å². The zero-order valence-corrected chi connectivity index (χ0v) is 33.1. The Morgan fingerprint density at radius 3 is 1.42 bits per heavy atom. The molecule has 0 aliphatic heterocycles. The Kier molecular flexibility index (Phi) is 9.31. The van der Waals surface area contributed by atoms with E-state index in [1.54, 1.807) is 0 Å². The maximum Gasteiger partial charge on any atom is 0.0466 e. The summed E-state index contributed by atoms with van der Waals surface area (Å²) in [4.78, 5) is 4.72. The molecule has 2 nitrogen and oxygen atoms in total. The molecule has 0 saturated carbocycles. The van der Waals surface area contributed by atoms with Gasteiger partial charge in [-0.25, -0.2) is 0 Å². The van der Waals surface area contributed by atoms with E-state index < -0.39 is 0 Å². The van der Waals surface area contributed by atoms with Crippen LogP contribution in [0.3, 0.4) is 0 Å². The van der Waals surface area contributed by atoms with Crippen LogP contribution in [-0.4, -0.2) is 0 Å². The highest BCUT2D eigenvalue weighted by Gasteiger charge is 2.36. The van der Waals surface area contributed by atoms with Crippen LogP contribution in [0.5, 0.6) is 0 Å². The van der Waals surface area contributed by atoms with Crippen molar-refractivity contribution in [2.45, 2.75) is 59.3 Å². The van der Waals surface area contributed by atoms with Gasteiger partial charge in [0.05, 0.1) is 0 Å². The third-order valence-electron chi connectivity index (χ3n) is 11.0. The molecule has 0 radical (unpaired) electrons. The number of hydrogen-bond acceptors (Lipinski definition) is 2. The predicted molar refractivity (Wildman–Crippen MR) is 237 cm³/mol. The van der Waals surface area contributed by atoms with Crippen molar-refractivity contribution in [2.75, 3.05) is 9.80 Å². The number of anilines is 6. The fourth-order valence-corrected chi connectivity index (χ4v) is 8.15. The quantitative estimate of drug-likeness (QED) is 0.145. The van der Waals surface area contributed by atoms with E-state index in [1.165, 1.54) is 67.1 Å². The lowest BCUT2D eigenvalue weighted by molar-refractivity contribution is 0.590. The van der Waals surface area contributed by atoms with Crippen LogP contribution in [-0.2, 0) is 10.8 Å². The van der Waals surface area contributed by atoms with Crippen molar-refractivity contribution in [3.8, 4) is 11.1 Å². The topological polar surface area (TPSA) is 6.48 Å². The molecular weight excluding hydrogens is 665 g/mol. The molecule has 7 aromatic carbocycles. The molecule has 1 aliphatic carbocycles. The van der Waals surface area contributed by atoms with E-state index >= 15 is 0 Å². The summed E-state index contributed by atoms with van der Waals surface area (Å²) in [7, 11) is 0. The first-order valence-corrected chi connectivity index (χ1v) is 19.4. The van der Waals surface area contributed by atoms with Crippen LogP contribution >= 0.6 is 0 Å². The van der Waals surface area contributed by atoms with E-state index in [0.29, 0.717) is 0 Å². The first-order chi connectivity index (χ1) is 26.5. The number of para-hydroxylation sites is 2. The summed E-state index contributed by atoms with van der Waals surface area (Å²) in [6.07, 6.45) is 4.47. The molecule has 272 valence electrons. The maximum atomic E-state index is 2.43. The number of fused-ring (bicyclic) bond motifs is 3. The lowest BCUT2D eigenvalue weighted by atomic mass is 9.81. The third-order valence-corrected chi connectivity index (χ3v) is 11.0. The molecular formula is C53H50N2. The van der Waals surface area contributed by atoms with Crippen molar-refractivity contribution in [3.05, 3.63) is 203 Å². The van der Waals surface area contributed by atoms with Crippen LogP contribution in [0.1, 0.15) is 73.6 Å². The Balaban J connectivity index is 1.09. The number of nitrogens with zero attached hydrogens (tertiary/aromatic N) is 2. The summed E-state index contributed by atoms with van der Waals surface area (Å²) in [5.74, 6) is 0. The lowest BCUT2D eigenvalue weighted by Crippen LogP contribution is -2.17. The average Bonchev–Trinajstić information content (AvgIpc) is 3.40. The molecule has 0 amide bonds. The summed E-state index contributed by atoms with van der Waals surface area (Å²) in [5.41, 5.74) is 18.5. The molecule has 8 rings (SSSR count). The summed E-state index contributed by atoms with van der Waals surface area (Å²) in [6, 6.07) is 59.9. The van der Waals surface area contributed by atoms with Gasteiger partial charge in [0.25, 0.3) is 0 Å². The third kappa shape index (κ3) is 7.13. The monoisotopic (exact) mass is 714 g/mol. The van der Waals surface area contributed by atoms with E-state index in [2.05, 4.69) is 234 Å². The standard InChI is InChI=1S/C53H50N2/c1-37-32-38(2)34-47(33-37)55(45-27-23-41(24-28-45)52(3,4)5)46-29-31-49-48-30-22-40(35-50(48)53(6,7)51(49)36-46)19-18-39-20-25-44(26-21-39)54(42-14-10-8-11-15-42)43-16-12-9-13-17-43/h8-36H,1-7H3. The first kappa shape index (κ1) is 35.9. The Morgan fingerprint density at radius 2 is 0.855 bits per heavy atom. The van der Waals surface area contributed by atoms with Gasteiger partial charge in [0, 0.05) is 39.5 Å². The predicted octanol–water partition coefficient (Wildman–Crippen LogP) is 15.0. The highest BCUT2D eigenvalue weighted by molar-refractivity contribution is 5.87. The zero-order chi connectivity index (χ0) is 38.3. The van der Waals surface area contributed by atoms with Crippen molar-refractivity contribution >= 4 is 46.3 Å². The Bertz CT molecular complexity index is 2420. The molecule has 0 heterocycles. The van der Waals surface area contributed by atoms with E-state index in [4.69, 9.17) is 0 Å². The minimum atomic E-state index is -0.158. The second-order valence-corrected chi connectivity index (χ2v) is 16.6. The van der Waals surface area contributed by atoms with Gasteiger partial charge in [-0.1, -0.05) is 138 Å². The number of benzene rings is 7. The average molecular weight is 715 g/mol. The van der Waals surface area contributed by atoms with Crippen LogP contribution in [0.15, 0.2) is 164 Å². The normalized spacial score (nSPS) is 13.1. The summed E-state index contributed by atoms with van der Waals surface area (Å²) in [5, 5.41) is 0. The van der Waals surface area contributed by atoms with Gasteiger partial charge in [-0.3, -0.25) is 0 Å². The van der Waals surface area contributed by atoms with Gasteiger partial charge in [-0.2, -0.15) is 0 Å². The molecule has 0 bridgehead atoms. The number of hydrogen-bond donors (Lipinski definition) is 0. The molecule has 7 aromatic rings. The molecule has 0 fully saturated rings. The highest BCUT2D eigenvalue weighted by Crippen LogP contribution is 2.51. The van der Waals surface area contributed by atoms with E-state index in [9.17, 15) is 0 Å². The molecule has 0 saturated heterocycles. The smallest absolute Gasteiger partial charge is 0.0466 e. The van der Waals surface area contributed by atoms with Crippen molar-refractivity contribution < 1.29 is 0 Å². The van der Waals surface area contributed by atoms with Crippen molar-refractivity contribution in [2.24, 2.45) is 0 Å². The molecule has 0 atom stereocenters. The van der Waals surface area contributed by atoms with Crippen LogP contribution in [0.2, 0.25) is 0 Å². The Labute approximate surface area is 328 Å². The molecule has 55 heavy (non-hydrogen) atoms. The van der Waals surface area contributed by atoms with Gasteiger partial charge in [-0.15, -0.1) is 0 Å². The zero-order valence-electron chi connectivity index (χ0n) is 33.1. The lowest BCUT2D eigenvalue weighted by Gasteiger charge is -2.29. The molecule has 0 spiro atoms. The van der Waals surface area contributed by atoms with Crippen molar-refractivity contribution in [3.63, 3.8) is 0 Å². The van der Waals surface area contributed by atoms with E-state index in [1.807, 2.05) is 0 Å². The van der Waals surface area contributed by atoms with Crippen LogP contribution in [0, 0.1) is 13.8 Å². The Morgan fingerprint density at radius 1 is 0.418 bits per heavy atom. The fraction of sp³-hybridized carbons (Fsp3) is 0.170. The number of aryl methyl sites for hydroxylation is 2. The van der Waals surface area contributed by atoms with Gasteiger partial charge < -0.3 is 9.80 Å². The van der Waals surface area contributed by atoms with Gasteiger partial charge in [0.1, 0.15) is 0 Å². The molecule has 0 unspecified atom stereocenters. The highest BCUT2D eigenvalue weighted by atomic mass is 15.1. The van der Waals surface area contributed by atoms with E-state index in [0.717, 1.165) is 17.1 Å². The SMILES string of the molecule is Cc1cc(C)cc(N(c2ccc(C(C)(C)C)cc2)c2ccc3c(c2)C(C)(C)c2cc(C=Cc4ccc(N(c5ccccc5)c5ccccc5)cc4)ccc2-3)c1. The fourth-order valence-electron chi connectivity index (χ4n) is 8.15. The van der Waals surface area contributed by atoms with Crippen molar-refractivity contribution in [1.29, 1.82) is 0 Å². The maximum absolute atomic E-state index is 2.43. The number of rotatable bonds is 8. The second kappa shape index (κ2) is 14.3. The van der Waals surface area contributed by atoms with Crippen LogP contribution in [0.25, 0.3) is 23.3 Å². The summed E-state index contributed by atoms with van der Waals surface area (Å²) < 4.78 is 0. The summed E-state index contributed by atoms with van der Waals surface area (Å²) in [6.45, 7) is 15.9. The van der Waals surface area contributed by atoms with Crippen LogP contribution < -0.4 is 9.80 Å². The van der Waals surface area contributed by atoms with Gasteiger partial charge in [0.15, 0.2) is 0 Å².